The van der Waals surface area contributed by atoms with Crippen LogP contribution < -0.4 is 5.73 Å². The second-order valence-corrected chi connectivity index (χ2v) is 7.79. The largest absolute Gasteiger partial charge is 0.383 e. The third kappa shape index (κ3) is 2.60. The van der Waals surface area contributed by atoms with Crippen LogP contribution in [0.4, 0.5) is 0 Å². The fraction of sp³-hybridized carbons (Fsp3) is 0.0952. The molecule has 1 aliphatic rings. The normalized spacial score (nSPS) is 18.7. The Morgan fingerprint density at radius 2 is 1.68 bits per heavy atom. The number of benzene rings is 3. The van der Waals surface area contributed by atoms with Crippen molar-refractivity contribution in [1.82, 2.24) is 0 Å². The molecule has 4 heteroatoms. The second kappa shape index (κ2) is 6.36. The van der Waals surface area contributed by atoms with Gasteiger partial charge in [-0.2, -0.15) is 0 Å². The van der Waals surface area contributed by atoms with Crippen molar-refractivity contribution in [2.75, 3.05) is 6.26 Å². The molecule has 0 radical (unpaired) electrons. The SMILES string of the molecule is CSc1ccc(C2(c3cccc(Br)c3)N=C(N)c3ccccc32)cc1. The molecule has 0 saturated carbocycles. The minimum Gasteiger partial charge on any atom is -0.383 e. The predicted molar refractivity (Wildman–Crippen MR) is 109 cm³/mol. The number of aliphatic imine (C=N–C) groups is 1. The maximum Gasteiger partial charge on any atom is 0.139 e. The highest BCUT2D eigenvalue weighted by Gasteiger charge is 2.42. The fourth-order valence-electron chi connectivity index (χ4n) is 3.48. The molecule has 124 valence electrons. The second-order valence-electron chi connectivity index (χ2n) is 5.99. The van der Waals surface area contributed by atoms with Crippen molar-refractivity contribution in [3.05, 3.63) is 99.5 Å². The van der Waals surface area contributed by atoms with Crippen molar-refractivity contribution >= 4 is 33.5 Å². The first-order valence-electron chi connectivity index (χ1n) is 8.01. The summed E-state index contributed by atoms with van der Waals surface area (Å²) in [6.07, 6.45) is 2.08. The van der Waals surface area contributed by atoms with Gasteiger partial charge in [0.05, 0.1) is 0 Å². The van der Waals surface area contributed by atoms with Crippen LogP contribution in [0, 0.1) is 0 Å². The number of nitrogens with two attached hydrogens (primary N) is 1. The summed E-state index contributed by atoms with van der Waals surface area (Å²) in [7, 11) is 0. The van der Waals surface area contributed by atoms with Gasteiger partial charge >= 0.3 is 0 Å². The molecule has 0 aromatic heterocycles. The summed E-state index contributed by atoms with van der Waals surface area (Å²) in [6.45, 7) is 0. The molecule has 0 amide bonds. The number of fused-ring (bicyclic) bond motifs is 1. The van der Waals surface area contributed by atoms with Crippen LogP contribution in [0.25, 0.3) is 0 Å². The van der Waals surface area contributed by atoms with E-state index in [2.05, 4.69) is 70.7 Å². The summed E-state index contributed by atoms with van der Waals surface area (Å²) in [5.41, 5.74) is 10.1. The number of thioether (sulfide) groups is 1. The molecule has 2 N–H and O–H groups in total. The highest BCUT2D eigenvalue weighted by Crippen LogP contribution is 2.46. The van der Waals surface area contributed by atoms with E-state index in [9.17, 15) is 0 Å². The zero-order valence-corrected chi connectivity index (χ0v) is 16.1. The standard InChI is InChI=1S/C21H17BrN2S/c1-25-17-11-9-14(10-12-17)21(15-5-4-6-16(22)13-15)19-8-3-2-7-18(19)20(23)24-21/h2-13H,1H3,(H2,23,24). The van der Waals surface area contributed by atoms with Crippen LogP contribution in [0.2, 0.25) is 0 Å². The van der Waals surface area contributed by atoms with Crippen molar-refractivity contribution in [1.29, 1.82) is 0 Å². The van der Waals surface area contributed by atoms with Gasteiger partial charge in [-0.05, 0) is 47.2 Å². The highest BCUT2D eigenvalue weighted by molar-refractivity contribution is 9.10. The van der Waals surface area contributed by atoms with Gasteiger partial charge in [-0.25, -0.2) is 4.99 Å². The van der Waals surface area contributed by atoms with Gasteiger partial charge in [0.25, 0.3) is 0 Å². The number of nitrogens with zero attached hydrogens (tertiary/aromatic N) is 1. The Morgan fingerprint density at radius 1 is 0.920 bits per heavy atom. The summed E-state index contributed by atoms with van der Waals surface area (Å²) in [5, 5.41) is 0. The first-order chi connectivity index (χ1) is 12.1. The molecule has 1 heterocycles. The average Bonchev–Trinajstić information content (AvgIpc) is 2.96. The van der Waals surface area contributed by atoms with Crippen LogP contribution in [0.1, 0.15) is 22.3 Å². The van der Waals surface area contributed by atoms with Crippen molar-refractivity contribution in [3.8, 4) is 0 Å². The van der Waals surface area contributed by atoms with E-state index >= 15 is 0 Å². The van der Waals surface area contributed by atoms with Gasteiger partial charge in [0.2, 0.25) is 0 Å². The Kier molecular flexibility index (Phi) is 4.18. The summed E-state index contributed by atoms with van der Waals surface area (Å²) in [4.78, 5) is 6.22. The van der Waals surface area contributed by atoms with Crippen LogP contribution in [0.3, 0.4) is 0 Å². The van der Waals surface area contributed by atoms with Gasteiger partial charge in [-0.3, -0.25) is 0 Å². The molecule has 3 aromatic rings. The van der Waals surface area contributed by atoms with E-state index < -0.39 is 5.54 Å². The molecule has 0 aliphatic carbocycles. The minimum absolute atomic E-state index is 0.588. The monoisotopic (exact) mass is 408 g/mol. The molecule has 4 rings (SSSR count). The number of amidine groups is 1. The van der Waals surface area contributed by atoms with Gasteiger partial charge in [0.15, 0.2) is 0 Å². The molecule has 0 bridgehead atoms. The Balaban J connectivity index is 2.03. The molecule has 0 fully saturated rings. The van der Waals surface area contributed by atoms with E-state index in [1.807, 2.05) is 24.3 Å². The molecule has 1 aliphatic heterocycles. The number of rotatable bonds is 3. The Labute approximate surface area is 160 Å². The van der Waals surface area contributed by atoms with Crippen molar-refractivity contribution < 1.29 is 0 Å². The molecular weight excluding hydrogens is 392 g/mol. The zero-order valence-electron chi connectivity index (χ0n) is 13.7. The predicted octanol–water partition coefficient (Wildman–Crippen LogP) is 5.18. The van der Waals surface area contributed by atoms with E-state index in [1.54, 1.807) is 11.8 Å². The third-order valence-electron chi connectivity index (χ3n) is 4.63. The first-order valence-corrected chi connectivity index (χ1v) is 10.0. The minimum atomic E-state index is -0.610. The lowest BCUT2D eigenvalue weighted by atomic mass is 9.77. The number of halogens is 1. The van der Waals surface area contributed by atoms with Crippen LogP contribution >= 0.6 is 27.7 Å². The smallest absolute Gasteiger partial charge is 0.139 e. The van der Waals surface area contributed by atoms with E-state index in [4.69, 9.17) is 10.7 Å². The molecule has 2 nitrogen and oxygen atoms in total. The molecular formula is C21H17BrN2S. The summed E-state index contributed by atoms with van der Waals surface area (Å²) >= 11 is 5.34. The van der Waals surface area contributed by atoms with Gasteiger partial charge < -0.3 is 5.73 Å². The molecule has 25 heavy (non-hydrogen) atoms. The molecule has 0 spiro atoms. The average molecular weight is 409 g/mol. The van der Waals surface area contributed by atoms with Crippen molar-refractivity contribution in [2.24, 2.45) is 10.7 Å². The maximum atomic E-state index is 6.32. The first kappa shape index (κ1) is 16.4. The van der Waals surface area contributed by atoms with Gasteiger partial charge in [-0.15, -0.1) is 11.8 Å². The van der Waals surface area contributed by atoms with Crippen molar-refractivity contribution in [2.45, 2.75) is 10.4 Å². The quantitative estimate of drug-likeness (QED) is 0.606. The summed E-state index contributed by atoms with van der Waals surface area (Å²) in [5.74, 6) is 0.588. The summed E-state index contributed by atoms with van der Waals surface area (Å²) < 4.78 is 1.03. The van der Waals surface area contributed by atoms with Crippen LogP contribution in [0.15, 0.2) is 87.2 Å². The fourth-order valence-corrected chi connectivity index (χ4v) is 4.28. The maximum absolute atomic E-state index is 6.32. The molecule has 1 atom stereocenters. The van der Waals surface area contributed by atoms with E-state index in [-0.39, 0.29) is 0 Å². The van der Waals surface area contributed by atoms with E-state index in [1.165, 1.54) is 4.90 Å². The van der Waals surface area contributed by atoms with Gasteiger partial charge in [0.1, 0.15) is 11.4 Å². The Bertz CT molecular complexity index is 966. The van der Waals surface area contributed by atoms with Gasteiger partial charge in [0, 0.05) is 14.9 Å². The Hall–Kier alpha value is -2.04. The van der Waals surface area contributed by atoms with Gasteiger partial charge in [-0.1, -0.05) is 64.5 Å². The lowest BCUT2D eigenvalue weighted by Crippen LogP contribution is -2.25. The van der Waals surface area contributed by atoms with E-state index in [0.29, 0.717) is 5.84 Å². The van der Waals surface area contributed by atoms with Crippen molar-refractivity contribution in [3.63, 3.8) is 0 Å². The van der Waals surface area contributed by atoms with Crippen LogP contribution in [-0.4, -0.2) is 12.1 Å². The third-order valence-corrected chi connectivity index (χ3v) is 5.87. The number of hydrogen-bond donors (Lipinski definition) is 1. The Morgan fingerprint density at radius 3 is 2.40 bits per heavy atom. The lowest BCUT2D eigenvalue weighted by molar-refractivity contribution is 0.670. The topological polar surface area (TPSA) is 38.4 Å². The number of hydrogen-bond acceptors (Lipinski definition) is 3. The zero-order chi connectivity index (χ0) is 17.4. The van der Waals surface area contributed by atoms with E-state index in [0.717, 1.165) is 26.7 Å². The van der Waals surface area contributed by atoms with Crippen LogP contribution in [0.5, 0.6) is 0 Å². The highest BCUT2D eigenvalue weighted by atomic mass is 79.9. The molecule has 0 saturated heterocycles. The molecule has 3 aromatic carbocycles. The lowest BCUT2D eigenvalue weighted by Gasteiger charge is -2.29. The summed E-state index contributed by atoms with van der Waals surface area (Å²) in [6, 6.07) is 25.2. The van der Waals surface area contributed by atoms with Crippen LogP contribution in [-0.2, 0) is 5.54 Å². The molecule has 1 unspecified atom stereocenters.